The van der Waals surface area contributed by atoms with Crippen LogP contribution in [-0.4, -0.2) is 54.0 Å². The molecule has 0 bridgehead atoms. The van der Waals surface area contributed by atoms with Crippen molar-refractivity contribution < 1.29 is 9.47 Å². The van der Waals surface area contributed by atoms with Crippen molar-refractivity contribution in [3.05, 3.63) is 41.7 Å². The molecule has 1 atom stereocenters. The van der Waals surface area contributed by atoms with E-state index >= 15 is 0 Å². The minimum Gasteiger partial charge on any atom is -0.490 e. The normalized spacial score (nSPS) is 19.1. The number of aliphatic imine (C=N–C) groups is 1. The molecular formula is C20H28IN5O2. The summed E-state index contributed by atoms with van der Waals surface area (Å²) in [4.78, 5) is 6.80. The van der Waals surface area contributed by atoms with Gasteiger partial charge in [-0.1, -0.05) is 6.07 Å². The molecule has 1 fully saturated rings. The first kappa shape index (κ1) is 20.8. The number of halogens is 1. The van der Waals surface area contributed by atoms with Crippen LogP contribution in [0, 0.1) is 0 Å². The summed E-state index contributed by atoms with van der Waals surface area (Å²) in [5, 5.41) is 7.79. The van der Waals surface area contributed by atoms with E-state index in [0.717, 1.165) is 49.0 Å². The Kier molecular flexibility index (Phi) is 7.03. The van der Waals surface area contributed by atoms with Gasteiger partial charge in [0.05, 0.1) is 19.4 Å². The number of hydrogen-bond acceptors (Lipinski definition) is 4. The van der Waals surface area contributed by atoms with Crippen LogP contribution in [0.3, 0.4) is 0 Å². The number of likely N-dealkylation sites (tertiary alicyclic amines) is 1. The highest BCUT2D eigenvalue weighted by molar-refractivity contribution is 14.0. The second kappa shape index (κ2) is 9.49. The summed E-state index contributed by atoms with van der Waals surface area (Å²) >= 11 is 0. The quantitative estimate of drug-likeness (QED) is 0.402. The molecule has 0 spiro atoms. The molecule has 2 aliphatic heterocycles. The zero-order valence-corrected chi connectivity index (χ0v) is 18.8. The molecule has 1 aromatic heterocycles. The summed E-state index contributed by atoms with van der Waals surface area (Å²) < 4.78 is 13.4. The number of fused-ring (bicyclic) bond motifs is 1. The van der Waals surface area contributed by atoms with Crippen LogP contribution in [0.1, 0.15) is 29.9 Å². The fourth-order valence-electron chi connectivity index (χ4n) is 3.71. The van der Waals surface area contributed by atoms with Crippen molar-refractivity contribution in [1.82, 2.24) is 20.0 Å². The van der Waals surface area contributed by atoms with Gasteiger partial charge in [-0.25, -0.2) is 0 Å². The first-order valence-corrected chi connectivity index (χ1v) is 9.55. The Balaban J connectivity index is 0.00000225. The first-order chi connectivity index (χ1) is 13.2. The summed E-state index contributed by atoms with van der Waals surface area (Å²) in [5.41, 5.74) is 2.46. The van der Waals surface area contributed by atoms with Crippen LogP contribution in [-0.2, 0) is 13.6 Å². The van der Waals surface area contributed by atoms with Gasteiger partial charge in [0.2, 0.25) is 0 Å². The number of nitrogens with zero attached hydrogens (tertiary/aromatic N) is 4. The van der Waals surface area contributed by atoms with Gasteiger partial charge in [-0.3, -0.25) is 9.67 Å². The van der Waals surface area contributed by atoms with Gasteiger partial charge in [-0.2, -0.15) is 5.10 Å². The van der Waals surface area contributed by atoms with Gasteiger partial charge < -0.3 is 19.7 Å². The van der Waals surface area contributed by atoms with E-state index in [1.807, 2.05) is 31.0 Å². The Morgan fingerprint density at radius 3 is 2.86 bits per heavy atom. The average Bonchev–Trinajstić information content (AvgIpc) is 3.26. The van der Waals surface area contributed by atoms with E-state index in [0.29, 0.717) is 25.7 Å². The van der Waals surface area contributed by atoms with Crippen molar-refractivity contribution in [2.45, 2.75) is 25.3 Å². The minimum atomic E-state index is 0. The van der Waals surface area contributed by atoms with Crippen molar-refractivity contribution >= 4 is 29.9 Å². The topological polar surface area (TPSA) is 63.9 Å². The van der Waals surface area contributed by atoms with E-state index < -0.39 is 0 Å². The molecule has 0 amide bonds. The highest BCUT2D eigenvalue weighted by atomic mass is 127. The van der Waals surface area contributed by atoms with Gasteiger partial charge in [-0.05, 0) is 29.7 Å². The summed E-state index contributed by atoms with van der Waals surface area (Å²) in [6, 6.07) is 6.13. The average molecular weight is 497 g/mol. The smallest absolute Gasteiger partial charge is 0.193 e. The Hall–Kier alpha value is -1.97. The van der Waals surface area contributed by atoms with Gasteiger partial charge in [0.15, 0.2) is 17.5 Å². The van der Waals surface area contributed by atoms with E-state index in [4.69, 9.17) is 9.47 Å². The molecule has 3 heterocycles. The molecule has 0 aliphatic carbocycles. The summed E-state index contributed by atoms with van der Waals surface area (Å²) in [5.74, 6) is 3.11. The van der Waals surface area contributed by atoms with Crippen molar-refractivity contribution in [1.29, 1.82) is 0 Å². The Morgan fingerprint density at radius 2 is 2.11 bits per heavy atom. The van der Waals surface area contributed by atoms with Crippen LogP contribution in [0.2, 0.25) is 0 Å². The largest absolute Gasteiger partial charge is 0.490 e. The van der Waals surface area contributed by atoms with Crippen molar-refractivity contribution in [2.75, 3.05) is 33.4 Å². The van der Waals surface area contributed by atoms with Crippen LogP contribution in [0.25, 0.3) is 0 Å². The maximum absolute atomic E-state index is 5.79. The van der Waals surface area contributed by atoms with Crippen LogP contribution >= 0.6 is 24.0 Å². The molecular weight excluding hydrogens is 469 g/mol. The zero-order chi connectivity index (χ0) is 18.6. The van der Waals surface area contributed by atoms with Crippen LogP contribution in [0.5, 0.6) is 11.5 Å². The molecule has 0 radical (unpaired) electrons. The number of ether oxygens (including phenoxy) is 2. The lowest BCUT2D eigenvalue weighted by atomic mass is 10.0. The van der Waals surface area contributed by atoms with Crippen LogP contribution in [0.4, 0.5) is 0 Å². The molecule has 1 aromatic carbocycles. The number of nitrogens with one attached hydrogen (secondary N) is 1. The molecule has 7 nitrogen and oxygen atoms in total. The lowest BCUT2D eigenvalue weighted by Crippen LogP contribution is -2.39. The van der Waals surface area contributed by atoms with Gasteiger partial charge in [0.1, 0.15) is 0 Å². The number of rotatable bonds is 3. The lowest BCUT2D eigenvalue weighted by Gasteiger charge is -2.22. The molecule has 8 heteroatoms. The van der Waals surface area contributed by atoms with Gasteiger partial charge in [0, 0.05) is 52.3 Å². The van der Waals surface area contributed by atoms with Crippen molar-refractivity contribution in [3.63, 3.8) is 0 Å². The molecule has 28 heavy (non-hydrogen) atoms. The maximum Gasteiger partial charge on any atom is 0.193 e. The third kappa shape index (κ3) is 4.71. The van der Waals surface area contributed by atoms with Crippen molar-refractivity contribution in [3.8, 4) is 11.5 Å². The molecule has 2 aromatic rings. The molecule has 1 saturated heterocycles. The van der Waals surface area contributed by atoms with E-state index in [2.05, 4.69) is 38.6 Å². The maximum atomic E-state index is 5.79. The standard InChI is InChI=1S/C20H27N5O2.HI/c1-21-20(25-7-6-16(14-25)17-12-23-24(2)13-17)22-11-15-4-5-18-19(10-15)27-9-3-8-26-18;/h4-5,10,12-13,16H,3,6-9,11,14H2,1-2H3,(H,21,22);1H. The van der Waals surface area contributed by atoms with E-state index in [-0.39, 0.29) is 24.0 Å². The lowest BCUT2D eigenvalue weighted by molar-refractivity contribution is 0.297. The Bertz CT molecular complexity index is 823. The second-order valence-corrected chi connectivity index (χ2v) is 7.11. The van der Waals surface area contributed by atoms with Crippen LogP contribution in [0.15, 0.2) is 35.6 Å². The third-order valence-electron chi connectivity index (χ3n) is 5.16. The number of benzene rings is 1. The van der Waals surface area contributed by atoms with E-state index in [1.165, 1.54) is 5.56 Å². The highest BCUT2D eigenvalue weighted by Gasteiger charge is 2.26. The molecule has 4 rings (SSSR count). The molecule has 1 unspecified atom stereocenters. The van der Waals surface area contributed by atoms with Gasteiger partial charge >= 0.3 is 0 Å². The zero-order valence-electron chi connectivity index (χ0n) is 16.4. The Labute approximate surface area is 183 Å². The van der Waals surface area contributed by atoms with E-state index in [9.17, 15) is 0 Å². The van der Waals surface area contributed by atoms with Gasteiger partial charge in [-0.15, -0.1) is 24.0 Å². The molecule has 1 N–H and O–H groups in total. The first-order valence-electron chi connectivity index (χ1n) is 9.55. The molecule has 0 saturated carbocycles. The fraction of sp³-hybridized carbons (Fsp3) is 0.500. The SMILES string of the molecule is CN=C(NCc1ccc2c(c1)OCCCO2)N1CCC(c2cnn(C)c2)C1.I. The molecule has 152 valence electrons. The predicted octanol–water partition coefficient (Wildman–Crippen LogP) is 2.76. The van der Waals surface area contributed by atoms with E-state index in [1.54, 1.807) is 0 Å². The summed E-state index contributed by atoms with van der Waals surface area (Å²) in [7, 11) is 3.81. The Morgan fingerprint density at radius 1 is 1.29 bits per heavy atom. The predicted molar refractivity (Wildman–Crippen MR) is 120 cm³/mol. The summed E-state index contributed by atoms with van der Waals surface area (Å²) in [6.07, 6.45) is 6.13. The highest BCUT2D eigenvalue weighted by Crippen LogP contribution is 2.30. The van der Waals surface area contributed by atoms with Gasteiger partial charge in [0.25, 0.3) is 0 Å². The molecule has 2 aliphatic rings. The number of hydrogen-bond donors (Lipinski definition) is 1. The third-order valence-corrected chi connectivity index (χ3v) is 5.16. The number of aromatic nitrogens is 2. The fourth-order valence-corrected chi connectivity index (χ4v) is 3.71. The van der Waals surface area contributed by atoms with Crippen LogP contribution < -0.4 is 14.8 Å². The minimum absolute atomic E-state index is 0. The number of aryl methyl sites for hydroxylation is 1. The van der Waals surface area contributed by atoms with Crippen molar-refractivity contribution in [2.24, 2.45) is 12.0 Å². The number of guanidine groups is 1. The summed E-state index contributed by atoms with van der Waals surface area (Å²) in [6.45, 7) is 4.09. The monoisotopic (exact) mass is 497 g/mol. The second-order valence-electron chi connectivity index (χ2n) is 7.11.